The SMILES string of the molecule is CC12CC(NC(=S)N1c1cccc(C(F)(F)F)c1)c1cc(F)ccc1O2. The smallest absolute Gasteiger partial charge is 0.416 e. The number of nitrogens with zero attached hydrogens (tertiary/aromatic N) is 1. The molecule has 2 aliphatic heterocycles. The first-order valence-corrected chi connectivity index (χ1v) is 8.35. The number of thiocarbonyl (C=S) groups is 1. The number of hydrogen-bond acceptors (Lipinski definition) is 2. The zero-order valence-corrected chi connectivity index (χ0v) is 14.4. The highest BCUT2D eigenvalue weighted by Crippen LogP contribution is 2.46. The van der Waals surface area contributed by atoms with E-state index in [1.54, 1.807) is 17.9 Å². The molecule has 136 valence electrons. The molecule has 1 N–H and O–H groups in total. The van der Waals surface area contributed by atoms with E-state index in [1.807, 2.05) is 0 Å². The summed E-state index contributed by atoms with van der Waals surface area (Å²) in [7, 11) is 0. The van der Waals surface area contributed by atoms with E-state index in [0.717, 1.165) is 12.1 Å². The van der Waals surface area contributed by atoms with Crippen molar-refractivity contribution in [3.63, 3.8) is 0 Å². The highest BCUT2D eigenvalue weighted by atomic mass is 32.1. The van der Waals surface area contributed by atoms with Crippen LogP contribution < -0.4 is 15.0 Å². The third-order valence-electron chi connectivity index (χ3n) is 4.67. The second-order valence-electron chi connectivity index (χ2n) is 6.55. The fourth-order valence-electron chi connectivity index (χ4n) is 3.56. The fourth-order valence-corrected chi connectivity index (χ4v) is 4.00. The monoisotopic (exact) mass is 382 g/mol. The van der Waals surface area contributed by atoms with Crippen molar-refractivity contribution in [1.29, 1.82) is 0 Å². The van der Waals surface area contributed by atoms with Crippen LogP contribution in [0.2, 0.25) is 0 Å². The molecule has 0 spiro atoms. The van der Waals surface area contributed by atoms with Crippen LogP contribution in [0.15, 0.2) is 42.5 Å². The van der Waals surface area contributed by atoms with Crippen LogP contribution in [0.1, 0.15) is 30.5 Å². The number of benzene rings is 2. The van der Waals surface area contributed by atoms with Crippen LogP contribution in [0.3, 0.4) is 0 Å². The summed E-state index contributed by atoms with van der Waals surface area (Å²) in [5.74, 6) is 0.0982. The summed E-state index contributed by atoms with van der Waals surface area (Å²) >= 11 is 5.39. The average molecular weight is 382 g/mol. The fraction of sp³-hybridized carbons (Fsp3) is 0.278. The molecule has 1 saturated heterocycles. The van der Waals surface area contributed by atoms with Crippen molar-refractivity contribution in [2.24, 2.45) is 0 Å². The molecule has 8 heteroatoms. The van der Waals surface area contributed by atoms with Gasteiger partial charge in [-0.15, -0.1) is 0 Å². The lowest BCUT2D eigenvalue weighted by atomic mass is 9.90. The molecular weight excluding hydrogens is 368 g/mol. The molecule has 4 rings (SSSR count). The molecule has 2 atom stereocenters. The lowest BCUT2D eigenvalue weighted by molar-refractivity contribution is -0.137. The standard InChI is InChI=1S/C18H14F4N2OS/c1-17-9-14(13-8-11(19)5-6-15(13)25-17)23-16(26)24(17)12-4-2-3-10(7-12)18(20,21)22/h2-8,14H,9H2,1H3,(H,23,26). The number of fused-ring (bicyclic) bond motifs is 4. The Morgan fingerprint density at radius 3 is 2.73 bits per heavy atom. The normalized spacial score (nSPS) is 24.6. The Morgan fingerprint density at radius 2 is 2.00 bits per heavy atom. The van der Waals surface area contributed by atoms with Crippen molar-refractivity contribution in [2.75, 3.05) is 4.90 Å². The maximum absolute atomic E-state index is 13.6. The van der Waals surface area contributed by atoms with Crippen molar-refractivity contribution in [3.05, 3.63) is 59.4 Å². The number of nitrogens with one attached hydrogen (secondary N) is 1. The van der Waals surface area contributed by atoms with Gasteiger partial charge >= 0.3 is 6.18 Å². The van der Waals surface area contributed by atoms with Crippen molar-refractivity contribution in [3.8, 4) is 5.75 Å². The lowest BCUT2D eigenvalue weighted by Gasteiger charge is -2.52. The van der Waals surface area contributed by atoms with Crippen LogP contribution in [-0.2, 0) is 6.18 Å². The largest absolute Gasteiger partial charge is 0.467 e. The molecule has 0 saturated carbocycles. The van der Waals surface area contributed by atoms with Gasteiger partial charge in [-0.3, -0.25) is 4.90 Å². The Hall–Kier alpha value is -2.35. The second-order valence-corrected chi connectivity index (χ2v) is 6.94. The Balaban J connectivity index is 1.78. The van der Waals surface area contributed by atoms with Crippen molar-refractivity contribution in [2.45, 2.75) is 31.3 Å². The molecule has 3 nitrogen and oxygen atoms in total. The predicted octanol–water partition coefficient (Wildman–Crippen LogP) is 4.78. The topological polar surface area (TPSA) is 24.5 Å². The molecule has 2 bridgehead atoms. The Labute approximate surface area is 152 Å². The van der Waals surface area contributed by atoms with Gasteiger partial charge in [-0.2, -0.15) is 13.2 Å². The molecule has 2 aromatic rings. The van der Waals surface area contributed by atoms with Crippen molar-refractivity contribution in [1.82, 2.24) is 5.32 Å². The predicted molar refractivity (Wildman–Crippen MR) is 92.4 cm³/mol. The number of halogens is 4. The maximum Gasteiger partial charge on any atom is 0.416 e. The summed E-state index contributed by atoms with van der Waals surface area (Å²) in [6, 6.07) is 8.87. The number of anilines is 1. The number of hydrogen-bond donors (Lipinski definition) is 1. The zero-order valence-electron chi connectivity index (χ0n) is 13.6. The van der Waals surface area contributed by atoms with Gasteiger partial charge in [0.1, 0.15) is 11.6 Å². The van der Waals surface area contributed by atoms with E-state index in [4.69, 9.17) is 17.0 Å². The van der Waals surface area contributed by atoms with Crippen LogP contribution in [-0.4, -0.2) is 10.8 Å². The number of alkyl halides is 3. The molecule has 0 aliphatic carbocycles. The summed E-state index contributed by atoms with van der Waals surface area (Å²) in [6.07, 6.45) is -4.05. The second kappa shape index (κ2) is 5.57. The first kappa shape index (κ1) is 17.1. The quantitative estimate of drug-likeness (QED) is 0.567. The van der Waals surface area contributed by atoms with Crippen LogP contribution in [0.5, 0.6) is 5.75 Å². The lowest BCUT2D eigenvalue weighted by Crippen LogP contribution is -2.65. The van der Waals surface area contributed by atoms with Crippen molar-refractivity contribution < 1.29 is 22.3 Å². The molecule has 2 heterocycles. The van der Waals surface area contributed by atoms with Gasteiger partial charge in [0.2, 0.25) is 0 Å². The van der Waals surface area contributed by atoms with Gasteiger partial charge < -0.3 is 10.1 Å². The van der Waals surface area contributed by atoms with Crippen LogP contribution >= 0.6 is 12.2 Å². The van der Waals surface area contributed by atoms with Crippen LogP contribution in [0, 0.1) is 5.82 Å². The van der Waals surface area contributed by atoms with Gasteiger partial charge in [0.15, 0.2) is 10.8 Å². The highest BCUT2D eigenvalue weighted by Gasteiger charge is 2.48. The van der Waals surface area contributed by atoms with Gasteiger partial charge in [-0.25, -0.2) is 4.39 Å². The van der Waals surface area contributed by atoms with Gasteiger partial charge in [0.05, 0.1) is 11.6 Å². The molecule has 2 unspecified atom stereocenters. The van der Waals surface area contributed by atoms with E-state index in [-0.39, 0.29) is 22.7 Å². The van der Waals surface area contributed by atoms with Gasteiger partial charge in [-0.05, 0) is 55.5 Å². The Kier molecular flexibility index (Phi) is 3.66. The van der Waals surface area contributed by atoms with E-state index in [0.29, 0.717) is 17.7 Å². The minimum Gasteiger partial charge on any atom is -0.467 e. The van der Waals surface area contributed by atoms with Crippen molar-refractivity contribution >= 4 is 23.0 Å². The van der Waals surface area contributed by atoms with Crippen LogP contribution in [0.25, 0.3) is 0 Å². The maximum atomic E-state index is 13.6. The minimum atomic E-state index is -4.46. The average Bonchev–Trinajstić information content (AvgIpc) is 2.54. The summed E-state index contributed by atoms with van der Waals surface area (Å²) < 4.78 is 58.9. The molecule has 26 heavy (non-hydrogen) atoms. The molecule has 1 fully saturated rings. The van der Waals surface area contributed by atoms with E-state index >= 15 is 0 Å². The Bertz CT molecular complexity index is 901. The summed E-state index contributed by atoms with van der Waals surface area (Å²) in [4.78, 5) is 1.54. The minimum absolute atomic E-state index is 0.234. The molecule has 2 aliphatic rings. The summed E-state index contributed by atoms with van der Waals surface area (Å²) in [6.45, 7) is 1.76. The molecular formula is C18H14F4N2OS. The number of rotatable bonds is 1. The molecule has 0 radical (unpaired) electrons. The van der Waals surface area contributed by atoms with Gasteiger partial charge in [-0.1, -0.05) is 6.07 Å². The first-order valence-electron chi connectivity index (χ1n) is 7.94. The highest BCUT2D eigenvalue weighted by molar-refractivity contribution is 7.80. The third-order valence-corrected chi connectivity index (χ3v) is 4.97. The molecule has 0 aromatic heterocycles. The van der Waals surface area contributed by atoms with E-state index < -0.39 is 17.5 Å². The molecule has 0 amide bonds. The van der Waals surface area contributed by atoms with Gasteiger partial charge in [0, 0.05) is 17.7 Å². The summed E-state index contributed by atoms with van der Waals surface area (Å²) in [5.41, 5.74) is -0.818. The van der Waals surface area contributed by atoms with E-state index in [9.17, 15) is 17.6 Å². The summed E-state index contributed by atoms with van der Waals surface area (Å²) in [5, 5.41) is 3.33. The van der Waals surface area contributed by atoms with E-state index in [1.165, 1.54) is 24.3 Å². The number of ether oxygens (including phenoxy) is 1. The third kappa shape index (κ3) is 2.68. The first-order chi connectivity index (χ1) is 12.2. The molecule has 2 aromatic carbocycles. The Morgan fingerprint density at radius 1 is 1.23 bits per heavy atom. The zero-order chi connectivity index (χ0) is 18.7. The van der Waals surface area contributed by atoms with E-state index in [2.05, 4.69) is 5.32 Å². The van der Waals surface area contributed by atoms with Gasteiger partial charge in [0.25, 0.3) is 0 Å². The van der Waals surface area contributed by atoms with Crippen LogP contribution in [0.4, 0.5) is 23.2 Å².